The fourth-order valence-electron chi connectivity index (χ4n) is 9.63. The molecule has 8 aromatic rings. The average Bonchev–Trinajstić information content (AvgIpc) is 4.21. The standard InChI is InChI=1S/C51H46F6N10O4/c1-28-25-66(16-17-67(28)45(69)27-68)34-10-13-40-42(22-34)64-49(62-40)44-20-31(24-60-44)47(71)36-11-7-29(18-38(36)51(55,56)57)6-8-32-26-65(15-14-58-32)33-9-12-39-41(21-33)63-48(61-39)43-19-30(23-59-43)46(70)35-4-2-3-5-37(35)50(52,53)54/h2-5,7,9-13,18-24,28,32,58-60,68H,6,8,14-17,25-27H2,1H3,(H,61,63)(H,62,64)/t28-,32-/m1/s1. The maximum Gasteiger partial charge on any atom is 0.417 e. The molecule has 2 aliphatic rings. The quantitative estimate of drug-likeness (QED) is 0.0518. The van der Waals surface area contributed by atoms with E-state index in [0.717, 1.165) is 29.6 Å². The minimum absolute atomic E-state index is 0.0412. The van der Waals surface area contributed by atoms with Crippen LogP contribution >= 0.6 is 0 Å². The summed E-state index contributed by atoms with van der Waals surface area (Å²) in [7, 11) is 0. The molecular weight excluding hydrogens is 931 g/mol. The van der Waals surface area contributed by atoms with E-state index in [9.17, 15) is 45.8 Å². The van der Waals surface area contributed by atoms with Crippen LogP contribution in [0.5, 0.6) is 0 Å². The van der Waals surface area contributed by atoms with Crippen LogP contribution in [0, 0.1) is 0 Å². The van der Waals surface area contributed by atoms with Gasteiger partial charge in [0.25, 0.3) is 0 Å². The second-order valence-electron chi connectivity index (χ2n) is 17.9. The van der Waals surface area contributed by atoms with Gasteiger partial charge in [-0.05, 0) is 86.0 Å². The van der Waals surface area contributed by atoms with Gasteiger partial charge in [0, 0.05) is 97.4 Å². The maximum absolute atomic E-state index is 14.7. The minimum atomic E-state index is -4.80. The number of anilines is 2. The summed E-state index contributed by atoms with van der Waals surface area (Å²) in [5.74, 6) is -1.09. The molecule has 4 aromatic carbocycles. The molecule has 4 aromatic heterocycles. The van der Waals surface area contributed by atoms with Gasteiger partial charge in [0.05, 0.1) is 44.6 Å². The lowest BCUT2D eigenvalue weighted by Gasteiger charge is -2.40. The van der Waals surface area contributed by atoms with Gasteiger partial charge in [0.15, 0.2) is 23.2 Å². The molecular formula is C51H46F6N10O4. The van der Waals surface area contributed by atoms with Crippen molar-refractivity contribution in [1.29, 1.82) is 0 Å². The molecule has 2 atom stereocenters. The van der Waals surface area contributed by atoms with Crippen LogP contribution in [-0.4, -0.2) is 115 Å². The highest BCUT2D eigenvalue weighted by atomic mass is 19.4. The number of nitrogens with zero attached hydrogens (tertiary/aromatic N) is 5. The molecule has 0 bridgehead atoms. The predicted molar refractivity (Wildman–Crippen MR) is 254 cm³/mol. The van der Waals surface area contributed by atoms with Crippen LogP contribution in [0.15, 0.2) is 103 Å². The highest BCUT2D eigenvalue weighted by Crippen LogP contribution is 2.36. The fraction of sp³-hybridized carbons (Fsp3) is 0.275. The number of aliphatic hydroxyl groups is 1. The Hall–Kier alpha value is -7.71. The van der Waals surface area contributed by atoms with E-state index >= 15 is 0 Å². The van der Waals surface area contributed by atoms with E-state index in [1.165, 1.54) is 42.7 Å². The Balaban J connectivity index is 0.784. The Bertz CT molecular complexity index is 3320. The van der Waals surface area contributed by atoms with Gasteiger partial charge in [-0.3, -0.25) is 14.4 Å². The second-order valence-corrected chi connectivity index (χ2v) is 17.9. The molecule has 2 fully saturated rings. The fourth-order valence-corrected chi connectivity index (χ4v) is 9.63. The van der Waals surface area contributed by atoms with Crippen LogP contribution < -0.4 is 15.1 Å². The number of benzene rings is 4. The van der Waals surface area contributed by atoms with Gasteiger partial charge in [-0.25, -0.2) is 9.97 Å². The van der Waals surface area contributed by atoms with Crippen molar-refractivity contribution in [3.63, 3.8) is 0 Å². The number of aliphatic hydroxyl groups excluding tert-OH is 1. The molecule has 10 rings (SSSR count). The normalized spacial score (nSPS) is 16.9. The minimum Gasteiger partial charge on any atom is -0.387 e. The van der Waals surface area contributed by atoms with Crippen LogP contribution in [-0.2, 0) is 23.6 Å². The first-order valence-corrected chi connectivity index (χ1v) is 23.0. The molecule has 366 valence electrons. The summed E-state index contributed by atoms with van der Waals surface area (Å²) in [6.45, 7) is 4.84. The van der Waals surface area contributed by atoms with Crippen molar-refractivity contribution in [1.82, 2.24) is 40.1 Å². The molecule has 2 aliphatic heterocycles. The van der Waals surface area contributed by atoms with Crippen molar-refractivity contribution in [3.8, 4) is 23.0 Å². The molecule has 0 spiro atoms. The number of hydrogen-bond donors (Lipinski definition) is 6. The molecule has 6 N–H and O–H groups in total. The van der Waals surface area contributed by atoms with Crippen molar-refractivity contribution < 1.29 is 45.8 Å². The number of piperazine rings is 2. The molecule has 0 radical (unpaired) electrons. The van der Waals surface area contributed by atoms with Crippen LogP contribution in [0.1, 0.15) is 61.9 Å². The number of amides is 1. The number of H-pyrrole nitrogens is 4. The number of hydrogen-bond acceptors (Lipinski definition) is 9. The van der Waals surface area contributed by atoms with Crippen LogP contribution in [0.25, 0.3) is 45.1 Å². The third kappa shape index (κ3) is 9.51. The Morgan fingerprint density at radius 1 is 0.676 bits per heavy atom. The number of ketones is 2. The number of fused-ring (bicyclic) bond motifs is 2. The molecule has 20 heteroatoms. The first-order valence-electron chi connectivity index (χ1n) is 23.0. The number of rotatable bonds is 12. The Morgan fingerprint density at radius 3 is 1.83 bits per heavy atom. The smallest absolute Gasteiger partial charge is 0.387 e. The second kappa shape index (κ2) is 18.6. The number of aryl methyl sites for hydroxylation is 1. The molecule has 0 saturated carbocycles. The average molecular weight is 977 g/mol. The van der Waals surface area contributed by atoms with Crippen LogP contribution in [0.4, 0.5) is 37.7 Å². The molecule has 6 heterocycles. The maximum atomic E-state index is 14.7. The van der Waals surface area contributed by atoms with Crippen molar-refractivity contribution in [2.45, 2.75) is 44.2 Å². The largest absolute Gasteiger partial charge is 0.417 e. The Morgan fingerprint density at radius 2 is 1.25 bits per heavy atom. The van der Waals surface area contributed by atoms with E-state index in [1.807, 2.05) is 43.3 Å². The van der Waals surface area contributed by atoms with Gasteiger partial charge < -0.3 is 45.1 Å². The molecule has 0 unspecified atom stereocenters. The highest BCUT2D eigenvalue weighted by molar-refractivity contribution is 6.11. The number of imidazole rings is 2. The summed E-state index contributed by atoms with van der Waals surface area (Å²) in [6.07, 6.45) is -5.95. The van der Waals surface area contributed by atoms with Gasteiger partial charge in [0.1, 0.15) is 6.61 Å². The number of alkyl halides is 6. The van der Waals surface area contributed by atoms with Gasteiger partial charge in [-0.1, -0.05) is 30.3 Å². The SMILES string of the molecule is C[C@@H]1CN(c2ccc3nc(-c4cc(C(=O)c5ccc(CC[C@@H]6CN(c7ccc8nc(-c9cc(C(=O)c%10ccccc%10C(F)(F)F)c[nH]9)[nH]c8c7)CCN6)cc5C(F)(F)F)c[nH]4)[nH]c3c2)CCN1C(=O)CO. The number of carbonyl (C=O) groups is 3. The third-order valence-electron chi connectivity index (χ3n) is 13.3. The summed E-state index contributed by atoms with van der Waals surface area (Å²) < 4.78 is 84.8. The lowest BCUT2D eigenvalue weighted by molar-refractivity contribution is -0.138. The zero-order valence-corrected chi connectivity index (χ0v) is 38.0. The number of halogens is 6. The topological polar surface area (TPSA) is 182 Å². The summed E-state index contributed by atoms with van der Waals surface area (Å²) in [5, 5.41) is 12.8. The molecule has 71 heavy (non-hydrogen) atoms. The summed E-state index contributed by atoms with van der Waals surface area (Å²) in [5.41, 5.74) is 2.85. The number of nitrogens with one attached hydrogen (secondary N) is 5. The van der Waals surface area contributed by atoms with E-state index in [1.54, 1.807) is 11.0 Å². The number of aromatic amines is 4. The first kappa shape index (κ1) is 47.0. The molecule has 1 amide bonds. The van der Waals surface area contributed by atoms with Crippen LogP contribution in [0.3, 0.4) is 0 Å². The number of aromatic nitrogens is 6. The van der Waals surface area contributed by atoms with Crippen molar-refractivity contribution in [3.05, 3.63) is 142 Å². The molecule has 2 saturated heterocycles. The first-order chi connectivity index (χ1) is 34.0. The van der Waals surface area contributed by atoms with Crippen molar-refractivity contribution in [2.75, 3.05) is 55.7 Å². The van der Waals surface area contributed by atoms with E-state index in [-0.39, 0.29) is 29.1 Å². The van der Waals surface area contributed by atoms with E-state index in [2.05, 4.69) is 45.0 Å². The zero-order chi connectivity index (χ0) is 49.8. The summed E-state index contributed by atoms with van der Waals surface area (Å²) in [4.78, 5) is 66.6. The van der Waals surface area contributed by atoms with Crippen LogP contribution in [0.2, 0.25) is 0 Å². The predicted octanol–water partition coefficient (Wildman–Crippen LogP) is 8.37. The summed E-state index contributed by atoms with van der Waals surface area (Å²) in [6, 6.07) is 22.6. The van der Waals surface area contributed by atoms with Crippen molar-refractivity contribution in [2.24, 2.45) is 0 Å². The van der Waals surface area contributed by atoms with E-state index < -0.39 is 52.8 Å². The lowest BCUT2D eigenvalue weighted by Crippen LogP contribution is -2.54. The molecule has 0 aliphatic carbocycles. The third-order valence-corrected chi connectivity index (χ3v) is 13.3. The monoisotopic (exact) mass is 976 g/mol. The van der Waals surface area contributed by atoms with E-state index in [0.29, 0.717) is 103 Å². The Kier molecular flexibility index (Phi) is 12.3. The van der Waals surface area contributed by atoms with Gasteiger partial charge in [0.2, 0.25) is 5.91 Å². The van der Waals surface area contributed by atoms with E-state index in [4.69, 9.17) is 0 Å². The number of carbonyl (C=O) groups excluding carboxylic acids is 3. The van der Waals surface area contributed by atoms with Gasteiger partial charge in [-0.15, -0.1) is 0 Å². The van der Waals surface area contributed by atoms with Gasteiger partial charge >= 0.3 is 12.4 Å². The zero-order valence-electron chi connectivity index (χ0n) is 38.0. The summed E-state index contributed by atoms with van der Waals surface area (Å²) >= 11 is 0. The Labute approximate surface area is 401 Å². The van der Waals surface area contributed by atoms with Crippen molar-refractivity contribution >= 4 is 50.9 Å². The lowest BCUT2D eigenvalue weighted by atomic mass is 9.94. The highest BCUT2D eigenvalue weighted by Gasteiger charge is 2.37. The van der Waals surface area contributed by atoms with Gasteiger partial charge in [-0.2, -0.15) is 26.3 Å². The molecule has 14 nitrogen and oxygen atoms in total.